The molecule has 0 spiro atoms. The van der Waals surface area contributed by atoms with Crippen LogP contribution in [0.2, 0.25) is 0 Å². The number of hydrogen-bond donors (Lipinski definition) is 2. The van der Waals surface area contributed by atoms with Crippen LogP contribution in [-0.4, -0.2) is 30.8 Å². The van der Waals surface area contributed by atoms with Crippen LogP contribution in [-0.2, 0) is 14.8 Å². The summed E-state index contributed by atoms with van der Waals surface area (Å²) in [5.74, 6) is -1.05. The van der Waals surface area contributed by atoms with Gasteiger partial charge in [-0.05, 0) is 38.5 Å². The van der Waals surface area contributed by atoms with Crippen LogP contribution in [0.1, 0.15) is 51.4 Å². The Balaban J connectivity index is 1.85. The number of hydrogen-bond acceptors (Lipinski definition) is 3. The summed E-state index contributed by atoms with van der Waals surface area (Å²) in [5.41, 5.74) is 0. The number of carboxylic acid groups (broad SMARTS) is 1. The third-order valence-electron chi connectivity index (χ3n) is 4.15. The van der Waals surface area contributed by atoms with Gasteiger partial charge < -0.3 is 5.11 Å². The highest BCUT2D eigenvalue weighted by atomic mass is 32.2. The molecule has 2 aliphatic carbocycles. The van der Waals surface area contributed by atoms with Gasteiger partial charge in [0.1, 0.15) is 0 Å². The lowest BCUT2D eigenvalue weighted by molar-refractivity contribution is -0.142. The number of carbonyl (C=O) groups is 1. The van der Waals surface area contributed by atoms with Gasteiger partial charge in [-0.15, -0.1) is 0 Å². The molecule has 0 aromatic rings. The molecule has 2 N–H and O–H groups in total. The Morgan fingerprint density at radius 1 is 1.00 bits per heavy atom. The highest BCUT2D eigenvalue weighted by molar-refractivity contribution is 7.90. The summed E-state index contributed by atoms with van der Waals surface area (Å²) >= 11 is 0. The fourth-order valence-corrected chi connectivity index (χ4v) is 4.83. The van der Waals surface area contributed by atoms with Crippen LogP contribution in [0.15, 0.2) is 0 Å². The summed E-state index contributed by atoms with van der Waals surface area (Å²) in [6, 6.07) is -0.0637. The van der Waals surface area contributed by atoms with E-state index in [0.29, 0.717) is 25.7 Å². The van der Waals surface area contributed by atoms with Crippen molar-refractivity contribution in [3.63, 3.8) is 0 Å². The number of aliphatic carboxylic acids is 1. The van der Waals surface area contributed by atoms with Crippen LogP contribution in [0.3, 0.4) is 0 Å². The van der Waals surface area contributed by atoms with Crippen LogP contribution in [0.5, 0.6) is 0 Å². The zero-order chi connectivity index (χ0) is 13.2. The number of nitrogens with one attached hydrogen (secondary N) is 1. The average molecular weight is 275 g/mol. The summed E-state index contributed by atoms with van der Waals surface area (Å²) < 4.78 is 27.0. The first-order chi connectivity index (χ1) is 8.49. The van der Waals surface area contributed by atoms with Crippen molar-refractivity contribution in [2.24, 2.45) is 5.92 Å². The van der Waals surface area contributed by atoms with Crippen LogP contribution in [0, 0.1) is 5.92 Å². The molecule has 0 unspecified atom stereocenters. The Morgan fingerprint density at radius 3 is 2.06 bits per heavy atom. The maximum Gasteiger partial charge on any atom is 0.306 e. The number of carboxylic acids is 1. The Morgan fingerprint density at radius 2 is 1.56 bits per heavy atom. The zero-order valence-corrected chi connectivity index (χ0v) is 11.3. The zero-order valence-electron chi connectivity index (χ0n) is 10.5. The molecule has 0 radical (unpaired) electrons. The lowest BCUT2D eigenvalue weighted by Crippen LogP contribution is -2.42. The lowest BCUT2D eigenvalue weighted by Gasteiger charge is -2.27. The molecule has 0 bridgehead atoms. The summed E-state index contributed by atoms with van der Waals surface area (Å²) in [7, 11) is -3.19. The maximum absolute atomic E-state index is 12.1. The highest BCUT2D eigenvalue weighted by Gasteiger charge is 2.33. The predicted molar refractivity (Wildman–Crippen MR) is 67.7 cm³/mol. The van der Waals surface area contributed by atoms with E-state index in [-0.39, 0.29) is 17.2 Å². The molecule has 0 aliphatic heterocycles. The van der Waals surface area contributed by atoms with Crippen molar-refractivity contribution in [1.29, 1.82) is 0 Å². The van der Waals surface area contributed by atoms with E-state index in [0.717, 1.165) is 25.7 Å². The van der Waals surface area contributed by atoms with Crippen molar-refractivity contribution in [2.45, 2.75) is 62.7 Å². The molecule has 0 saturated heterocycles. The quantitative estimate of drug-likeness (QED) is 0.814. The van der Waals surface area contributed by atoms with Crippen molar-refractivity contribution in [1.82, 2.24) is 4.72 Å². The van der Waals surface area contributed by atoms with Crippen molar-refractivity contribution < 1.29 is 18.3 Å². The first-order valence-corrected chi connectivity index (χ1v) is 8.27. The fourth-order valence-electron chi connectivity index (χ4n) is 2.99. The second-order valence-corrected chi connectivity index (χ2v) is 7.45. The summed E-state index contributed by atoms with van der Waals surface area (Å²) in [6.07, 6.45) is 5.96. The Bertz CT molecular complexity index is 392. The molecular weight excluding hydrogens is 254 g/mol. The molecule has 5 nitrogen and oxygen atoms in total. The smallest absolute Gasteiger partial charge is 0.306 e. The summed E-state index contributed by atoms with van der Waals surface area (Å²) in [6.45, 7) is 0. The van der Waals surface area contributed by atoms with Crippen molar-refractivity contribution in [2.75, 3.05) is 0 Å². The molecule has 6 heteroatoms. The van der Waals surface area contributed by atoms with Crippen molar-refractivity contribution in [3.8, 4) is 0 Å². The van der Waals surface area contributed by atoms with Gasteiger partial charge in [-0.3, -0.25) is 4.79 Å². The molecule has 2 aliphatic rings. The van der Waals surface area contributed by atoms with Crippen LogP contribution in [0.25, 0.3) is 0 Å². The molecule has 0 atom stereocenters. The van der Waals surface area contributed by atoms with E-state index in [2.05, 4.69) is 4.72 Å². The van der Waals surface area contributed by atoms with E-state index in [1.54, 1.807) is 0 Å². The van der Waals surface area contributed by atoms with E-state index in [1.165, 1.54) is 0 Å². The summed E-state index contributed by atoms with van der Waals surface area (Å²) in [4.78, 5) is 10.8. The minimum atomic E-state index is -3.19. The van der Waals surface area contributed by atoms with E-state index in [1.807, 2.05) is 0 Å². The molecule has 0 aromatic heterocycles. The predicted octanol–water partition coefficient (Wildman–Crippen LogP) is 1.49. The second-order valence-electron chi connectivity index (χ2n) is 5.46. The average Bonchev–Trinajstić information content (AvgIpc) is 2.83. The normalized spacial score (nSPS) is 30.4. The van der Waals surface area contributed by atoms with Crippen LogP contribution in [0.4, 0.5) is 0 Å². The molecule has 0 amide bonds. The van der Waals surface area contributed by atoms with Gasteiger partial charge in [0.25, 0.3) is 0 Å². The van der Waals surface area contributed by atoms with Gasteiger partial charge in [0.15, 0.2) is 0 Å². The molecule has 104 valence electrons. The molecule has 2 saturated carbocycles. The minimum Gasteiger partial charge on any atom is -0.481 e. The third kappa shape index (κ3) is 3.23. The Labute approximate surface area is 108 Å². The Hall–Kier alpha value is -0.620. The molecular formula is C12H21NO4S. The Kier molecular flexibility index (Phi) is 4.27. The maximum atomic E-state index is 12.1. The van der Waals surface area contributed by atoms with E-state index in [4.69, 9.17) is 5.11 Å². The largest absolute Gasteiger partial charge is 0.481 e. The van der Waals surface area contributed by atoms with Gasteiger partial charge in [-0.25, -0.2) is 13.1 Å². The number of rotatable bonds is 4. The van der Waals surface area contributed by atoms with Gasteiger partial charge in [0.2, 0.25) is 10.0 Å². The summed E-state index contributed by atoms with van der Waals surface area (Å²) in [5, 5.41) is 8.66. The molecule has 0 heterocycles. The van der Waals surface area contributed by atoms with Crippen molar-refractivity contribution >= 4 is 16.0 Å². The third-order valence-corrected chi connectivity index (χ3v) is 6.16. The molecule has 2 rings (SSSR count). The van der Waals surface area contributed by atoms with Gasteiger partial charge in [-0.1, -0.05) is 12.8 Å². The molecule has 18 heavy (non-hydrogen) atoms. The van der Waals surface area contributed by atoms with Crippen LogP contribution >= 0.6 is 0 Å². The van der Waals surface area contributed by atoms with Gasteiger partial charge in [0.05, 0.1) is 11.2 Å². The topological polar surface area (TPSA) is 83.5 Å². The van der Waals surface area contributed by atoms with E-state index < -0.39 is 16.0 Å². The first kappa shape index (κ1) is 13.8. The standard InChI is InChI=1S/C12H21NO4S/c14-12(15)9-5-7-10(8-6-9)13-18(16,17)11-3-1-2-4-11/h9-11,13H,1-8H2,(H,14,15). The SMILES string of the molecule is O=C(O)C1CCC(NS(=O)(=O)C2CCCC2)CC1. The first-order valence-electron chi connectivity index (χ1n) is 6.73. The lowest BCUT2D eigenvalue weighted by atomic mass is 9.87. The fraction of sp³-hybridized carbons (Fsp3) is 0.917. The number of sulfonamides is 1. The van der Waals surface area contributed by atoms with E-state index >= 15 is 0 Å². The van der Waals surface area contributed by atoms with E-state index in [9.17, 15) is 13.2 Å². The second kappa shape index (κ2) is 5.57. The minimum absolute atomic E-state index is 0.0637. The van der Waals surface area contributed by atoms with Crippen molar-refractivity contribution in [3.05, 3.63) is 0 Å². The van der Waals surface area contributed by atoms with Gasteiger partial charge in [0, 0.05) is 6.04 Å². The molecule has 2 fully saturated rings. The van der Waals surface area contributed by atoms with Gasteiger partial charge in [-0.2, -0.15) is 0 Å². The monoisotopic (exact) mass is 275 g/mol. The van der Waals surface area contributed by atoms with Gasteiger partial charge >= 0.3 is 5.97 Å². The highest BCUT2D eigenvalue weighted by Crippen LogP contribution is 2.28. The molecule has 0 aromatic carbocycles. The van der Waals surface area contributed by atoms with Crippen LogP contribution < -0.4 is 4.72 Å².